The van der Waals surface area contributed by atoms with Crippen LogP contribution in [-0.2, 0) is 20.7 Å². The number of halogens is 4. The van der Waals surface area contributed by atoms with Gasteiger partial charge >= 0.3 is 12.1 Å². The summed E-state index contributed by atoms with van der Waals surface area (Å²) in [6.07, 6.45) is 0.917. The fourth-order valence-corrected chi connectivity index (χ4v) is 5.51. The molecule has 2 bridgehead atoms. The Morgan fingerprint density at radius 1 is 1.02 bits per heavy atom. The van der Waals surface area contributed by atoms with Crippen molar-refractivity contribution >= 4 is 69.9 Å². The summed E-state index contributed by atoms with van der Waals surface area (Å²) in [6.45, 7) is 5.06. The second-order valence-corrected chi connectivity index (χ2v) is 13.5. The van der Waals surface area contributed by atoms with Gasteiger partial charge in [-0.3, -0.25) is 9.69 Å². The summed E-state index contributed by atoms with van der Waals surface area (Å²) in [7, 11) is 0. The highest BCUT2D eigenvalue weighted by Crippen LogP contribution is 2.43. The monoisotopic (exact) mass is 656 g/mol. The van der Waals surface area contributed by atoms with Gasteiger partial charge in [-0.15, -0.1) is 0 Å². The van der Waals surface area contributed by atoms with Crippen molar-refractivity contribution in [1.82, 2.24) is 9.80 Å². The van der Waals surface area contributed by atoms with E-state index in [1.54, 1.807) is 11.0 Å². The zero-order chi connectivity index (χ0) is 30.8. The Morgan fingerprint density at radius 2 is 1.69 bits per heavy atom. The molecule has 1 fully saturated rings. The van der Waals surface area contributed by atoms with Gasteiger partial charge in [-0.2, -0.15) is 0 Å². The van der Waals surface area contributed by atoms with E-state index >= 15 is 0 Å². The number of ether oxygens (including phenoxy) is 2. The lowest BCUT2D eigenvalue weighted by molar-refractivity contribution is -0.137. The molecule has 12 heteroatoms. The molecule has 1 saturated heterocycles. The average Bonchev–Trinajstić information content (AvgIpc) is 2.90. The number of aryl methyl sites for hydroxylation is 1. The van der Waals surface area contributed by atoms with Crippen molar-refractivity contribution < 1.29 is 29.0 Å². The molecule has 2 atom stereocenters. The molecule has 0 radical (unpaired) electrons. The molecule has 0 aromatic heterocycles. The molecule has 2 amide bonds. The fraction of sp³-hybridized carbons (Fsp3) is 0.433. The molecular weight excluding hydrogens is 626 g/mol. The Bertz CT molecular complexity index is 1370. The van der Waals surface area contributed by atoms with Crippen LogP contribution in [0, 0.1) is 0 Å². The van der Waals surface area contributed by atoms with Crippen LogP contribution in [0.3, 0.4) is 0 Å². The van der Waals surface area contributed by atoms with Gasteiger partial charge in [0.1, 0.15) is 5.75 Å². The molecule has 0 saturated carbocycles. The maximum Gasteiger partial charge on any atom is 0.411 e. The molecule has 0 spiro atoms. The van der Waals surface area contributed by atoms with E-state index in [9.17, 15) is 19.5 Å². The molecule has 2 aromatic rings. The van der Waals surface area contributed by atoms with Crippen molar-refractivity contribution in [2.24, 2.45) is 0 Å². The molecule has 2 aliphatic heterocycles. The van der Waals surface area contributed by atoms with Gasteiger partial charge < -0.3 is 19.5 Å². The number of benzene rings is 2. The predicted molar refractivity (Wildman–Crippen MR) is 163 cm³/mol. The number of para-hydroxylation sites is 1. The van der Waals surface area contributed by atoms with Crippen molar-refractivity contribution in [2.75, 3.05) is 19.7 Å². The molecule has 0 aliphatic carbocycles. The van der Waals surface area contributed by atoms with E-state index in [0.717, 1.165) is 24.0 Å². The van der Waals surface area contributed by atoms with Gasteiger partial charge in [0.2, 0.25) is 9.70 Å². The minimum Gasteiger partial charge on any atom is -0.492 e. The SMILES string of the molecule is CC(=O)N1CC2CC(c3ccc(CCCOc4ccccc4Cl)cc3)=C(C(=O)O)C(C1)N2C(=O)OC(C)(C)C(Cl)(Cl)Cl. The number of fused-ring (bicyclic) bond motifs is 2. The van der Waals surface area contributed by atoms with Crippen LogP contribution < -0.4 is 4.74 Å². The van der Waals surface area contributed by atoms with Gasteiger partial charge in [-0.25, -0.2) is 9.59 Å². The van der Waals surface area contributed by atoms with E-state index in [-0.39, 0.29) is 31.0 Å². The van der Waals surface area contributed by atoms with Crippen LogP contribution in [0.15, 0.2) is 54.1 Å². The topological polar surface area (TPSA) is 96.4 Å². The predicted octanol–water partition coefficient (Wildman–Crippen LogP) is 6.78. The van der Waals surface area contributed by atoms with E-state index in [4.69, 9.17) is 55.9 Å². The number of amides is 2. The normalized spacial score (nSPS) is 19.0. The van der Waals surface area contributed by atoms with Crippen LogP contribution in [-0.4, -0.2) is 74.0 Å². The van der Waals surface area contributed by atoms with Crippen LogP contribution >= 0.6 is 46.4 Å². The van der Waals surface area contributed by atoms with Crippen molar-refractivity contribution in [3.05, 3.63) is 70.3 Å². The molecule has 226 valence electrons. The number of carbonyl (C=O) groups excluding carboxylic acids is 2. The number of nitrogens with zero attached hydrogens (tertiary/aromatic N) is 2. The van der Waals surface area contributed by atoms with E-state index in [1.165, 1.54) is 25.7 Å². The largest absolute Gasteiger partial charge is 0.492 e. The maximum absolute atomic E-state index is 13.4. The first-order valence-electron chi connectivity index (χ1n) is 13.5. The fourth-order valence-electron chi connectivity index (χ4n) is 5.21. The molecular formula is C30H32Cl4N2O6. The van der Waals surface area contributed by atoms with E-state index in [2.05, 4.69) is 0 Å². The highest BCUT2D eigenvalue weighted by molar-refractivity contribution is 6.68. The first-order valence-corrected chi connectivity index (χ1v) is 15.0. The molecule has 42 heavy (non-hydrogen) atoms. The number of carboxylic acid groups (broad SMARTS) is 1. The molecule has 2 heterocycles. The number of hydrogen-bond acceptors (Lipinski definition) is 5. The zero-order valence-electron chi connectivity index (χ0n) is 23.4. The number of carboxylic acids is 1. The Balaban J connectivity index is 1.56. The minimum atomic E-state index is -1.92. The Hall–Kier alpha value is -2.65. The van der Waals surface area contributed by atoms with Gasteiger partial charge in [-0.1, -0.05) is 82.8 Å². The molecule has 2 aliphatic rings. The summed E-state index contributed by atoms with van der Waals surface area (Å²) in [4.78, 5) is 41.3. The molecule has 2 unspecified atom stereocenters. The second-order valence-electron chi connectivity index (χ2n) is 10.9. The van der Waals surface area contributed by atoms with Crippen molar-refractivity contribution in [1.29, 1.82) is 0 Å². The molecule has 8 nitrogen and oxygen atoms in total. The Labute approximate surface area is 265 Å². The van der Waals surface area contributed by atoms with Crippen LogP contribution in [0.4, 0.5) is 4.79 Å². The highest BCUT2D eigenvalue weighted by Gasteiger charge is 2.51. The van der Waals surface area contributed by atoms with Crippen LogP contribution in [0.25, 0.3) is 5.57 Å². The van der Waals surface area contributed by atoms with Gasteiger partial charge in [0.15, 0.2) is 5.60 Å². The van der Waals surface area contributed by atoms with Crippen LogP contribution in [0.1, 0.15) is 44.7 Å². The lowest BCUT2D eigenvalue weighted by Crippen LogP contribution is -2.65. The van der Waals surface area contributed by atoms with Crippen LogP contribution in [0.2, 0.25) is 5.02 Å². The first-order chi connectivity index (χ1) is 19.7. The Morgan fingerprint density at radius 3 is 2.29 bits per heavy atom. The molecule has 1 N–H and O–H groups in total. The van der Waals surface area contributed by atoms with Gasteiger partial charge in [0.25, 0.3) is 0 Å². The van der Waals surface area contributed by atoms with E-state index in [1.807, 2.05) is 42.5 Å². The summed E-state index contributed by atoms with van der Waals surface area (Å²) >= 11 is 24.2. The summed E-state index contributed by atoms with van der Waals surface area (Å²) in [6, 6.07) is 13.5. The van der Waals surface area contributed by atoms with Crippen molar-refractivity contribution in [3.8, 4) is 5.75 Å². The van der Waals surface area contributed by atoms with E-state index in [0.29, 0.717) is 23.0 Å². The zero-order valence-corrected chi connectivity index (χ0v) is 26.4. The number of aliphatic carboxylic acids is 1. The maximum atomic E-state index is 13.4. The van der Waals surface area contributed by atoms with Gasteiger partial charge in [-0.05, 0) is 61.9 Å². The van der Waals surface area contributed by atoms with E-state index < -0.39 is 33.5 Å². The molecule has 2 aromatic carbocycles. The Kier molecular flexibility index (Phi) is 9.93. The summed E-state index contributed by atoms with van der Waals surface area (Å²) in [5.74, 6) is -0.753. The summed E-state index contributed by atoms with van der Waals surface area (Å²) in [5.41, 5.74) is 0.951. The van der Waals surface area contributed by atoms with Gasteiger partial charge in [0, 0.05) is 20.0 Å². The number of alkyl halides is 3. The first kappa shape index (κ1) is 32.3. The number of rotatable bonds is 8. The van der Waals surface area contributed by atoms with Crippen LogP contribution in [0.5, 0.6) is 5.75 Å². The summed E-state index contributed by atoms with van der Waals surface area (Å²) in [5, 5.41) is 10.9. The lowest BCUT2D eigenvalue weighted by Gasteiger charge is -2.50. The van der Waals surface area contributed by atoms with Gasteiger partial charge in [0.05, 0.1) is 29.3 Å². The quantitative estimate of drug-likeness (QED) is 0.248. The lowest BCUT2D eigenvalue weighted by atomic mass is 9.81. The number of piperazine rings is 1. The second kappa shape index (κ2) is 12.9. The smallest absolute Gasteiger partial charge is 0.411 e. The standard InChI is InChI=1S/C30H32Cl4N2O6/c1-18(37)35-16-21-15-22(20-12-10-19(11-13-20)7-6-14-41-25-9-5-4-8-23(25)31)26(27(38)39)24(17-35)36(21)28(40)42-29(2,3)30(32,33)34/h4-5,8-13,21,24H,6-7,14-17H2,1-3H3,(H,38,39). The van der Waals surface area contributed by atoms with Crippen molar-refractivity contribution in [2.45, 2.75) is 61.5 Å². The average molecular weight is 658 g/mol. The third-order valence-electron chi connectivity index (χ3n) is 7.57. The number of carbonyl (C=O) groups is 3. The minimum absolute atomic E-state index is 0.00375. The third kappa shape index (κ3) is 7.10. The van der Waals surface area contributed by atoms with Crippen molar-refractivity contribution in [3.63, 3.8) is 0 Å². The third-order valence-corrected chi connectivity index (χ3v) is 9.25. The highest BCUT2D eigenvalue weighted by atomic mass is 35.6. The number of hydrogen-bond donors (Lipinski definition) is 1. The molecule has 4 rings (SSSR count). The summed E-state index contributed by atoms with van der Waals surface area (Å²) < 4.78 is 9.44.